The first-order valence-electron chi connectivity index (χ1n) is 6.49. The number of carbonyl (C=O) groups excluding carboxylic acids is 1. The van der Waals surface area contributed by atoms with E-state index in [1.54, 1.807) is 0 Å². The molecule has 2 N–H and O–H groups in total. The van der Waals surface area contributed by atoms with Gasteiger partial charge in [0.25, 0.3) is 0 Å². The first kappa shape index (κ1) is 15.0. The minimum atomic E-state index is -0.858. The van der Waals surface area contributed by atoms with Crippen molar-refractivity contribution >= 4 is 11.9 Å². The van der Waals surface area contributed by atoms with Gasteiger partial charge in [-0.3, -0.25) is 9.59 Å². The monoisotopic (exact) mass is 256 g/mol. The normalized spacial score (nSPS) is 24.1. The number of aliphatic carboxylic acids is 1. The fourth-order valence-corrected chi connectivity index (χ4v) is 2.25. The maximum atomic E-state index is 11.9. The van der Waals surface area contributed by atoms with Crippen molar-refractivity contribution in [2.75, 3.05) is 20.6 Å². The Morgan fingerprint density at radius 1 is 1.33 bits per heavy atom. The number of nitrogens with zero attached hydrogens (tertiary/aromatic N) is 1. The molecule has 3 unspecified atom stereocenters. The van der Waals surface area contributed by atoms with Gasteiger partial charge in [-0.25, -0.2) is 0 Å². The average Bonchev–Trinajstić information content (AvgIpc) is 2.93. The Kier molecular flexibility index (Phi) is 5.14. The van der Waals surface area contributed by atoms with Crippen LogP contribution in [0.5, 0.6) is 0 Å². The molecule has 0 saturated heterocycles. The van der Waals surface area contributed by atoms with E-state index < -0.39 is 11.9 Å². The van der Waals surface area contributed by atoms with E-state index in [4.69, 9.17) is 5.11 Å². The first-order valence-corrected chi connectivity index (χ1v) is 6.49. The Labute approximate surface area is 109 Å². The van der Waals surface area contributed by atoms with E-state index >= 15 is 0 Å². The highest BCUT2D eigenvalue weighted by Crippen LogP contribution is 2.38. The quantitative estimate of drug-likeness (QED) is 0.707. The fourth-order valence-electron chi connectivity index (χ4n) is 2.25. The predicted molar refractivity (Wildman–Crippen MR) is 69.2 cm³/mol. The van der Waals surface area contributed by atoms with Crippen molar-refractivity contribution in [3.05, 3.63) is 0 Å². The molecule has 0 bridgehead atoms. The molecule has 0 aromatic heterocycles. The Bertz CT molecular complexity index is 305. The molecule has 1 fully saturated rings. The van der Waals surface area contributed by atoms with Gasteiger partial charge < -0.3 is 15.3 Å². The molecule has 5 nitrogen and oxygen atoms in total. The second kappa shape index (κ2) is 6.18. The van der Waals surface area contributed by atoms with Gasteiger partial charge in [0.2, 0.25) is 5.91 Å². The number of hydrogen-bond donors (Lipinski definition) is 2. The largest absolute Gasteiger partial charge is 0.481 e. The molecule has 104 valence electrons. The van der Waals surface area contributed by atoms with Gasteiger partial charge in [-0.2, -0.15) is 0 Å². The zero-order valence-corrected chi connectivity index (χ0v) is 11.6. The highest BCUT2D eigenvalue weighted by Gasteiger charge is 2.48. The SMILES string of the molecule is CC(C)CC(CN(C)C)NC(=O)C1CC1C(=O)O. The Balaban J connectivity index is 2.45. The summed E-state index contributed by atoms with van der Waals surface area (Å²) in [6, 6.07) is 0.0996. The minimum Gasteiger partial charge on any atom is -0.481 e. The van der Waals surface area contributed by atoms with Crippen LogP contribution in [-0.2, 0) is 9.59 Å². The molecule has 1 aliphatic rings. The topological polar surface area (TPSA) is 69.6 Å². The lowest BCUT2D eigenvalue weighted by Crippen LogP contribution is -2.43. The summed E-state index contributed by atoms with van der Waals surface area (Å²) in [5.41, 5.74) is 0. The molecule has 0 heterocycles. The lowest BCUT2D eigenvalue weighted by atomic mass is 10.0. The summed E-state index contributed by atoms with van der Waals surface area (Å²) in [4.78, 5) is 24.7. The maximum Gasteiger partial charge on any atom is 0.307 e. The van der Waals surface area contributed by atoms with Gasteiger partial charge in [-0.1, -0.05) is 13.8 Å². The number of nitrogens with one attached hydrogen (secondary N) is 1. The van der Waals surface area contributed by atoms with Crippen molar-refractivity contribution in [1.29, 1.82) is 0 Å². The molecule has 0 spiro atoms. The summed E-state index contributed by atoms with van der Waals surface area (Å²) in [6.07, 6.45) is 1.39. The van der Waals surface area contributed by atoms with Gasteiger partial charge >= 0.3 is 5.97 Å². The van der Waals surface area contributed by atoms with Gasteiger partial charge in [0.15, 0.2) is 0 Å². The number of carboxylic acid groups (broad SMARTS) is 1. The lowest BCUT2D eigenvalue weighted by molar-refractivity contribution is -0.140. The van der Waals surface area contributed by atoms with Crippen molar-refractivity contribution in [2.24, 2.45) is 17.8 Å². The number of carbonyl (C=O) groups is 2. The van der Waals surface area contributed by atoms with Crippen LogP contribution >= 0.6 is 0 Å². The van der Waals surface area contributed by atoms with Crippen LogP contribution in [0.1, 0.15) is 26.7 Å². The minimum absolute atomic E-state index is 0.0996. The Hall–Kier alpha value is -1.10. The zero-order chi connectivity index (χ0) is 13.9. The van der Waals surface area contributed by atoms with Crippen molar-refractivity contribution in [3.63, 3.8) is 0 Å². The fraction of sp³-hybridized carbons (Fsp3) is 0.846. The van der Waals surface area contributed by atoms with E-state index in [9.17, 15) is 9.59 Å². The van der Waals surface area contributed by atoms with Crippen molar-refractivity contribution < 1.29 is 14.7 Å². The van der Waals surface area contributed by atoms with Crippen molar-refractivity contribution in [3.8, 4) is 0 Å². The average molecular weight is 256 g/mol. The third-order valence-electron chi connectivity index (χ3n) is 3.13. The molecule has 3 atom stereocenters. The van der Waals surface area contributed by atoms with Crippen LogP contribution in [0.4, 0.5) is 0 Å². The van der Waals surface area contributed by atoms with E-state index in [1.165, 1.54) is 0 Å². The molecule has 0 aliphatic heterocycles. The van der Waals surface area contributed by atoms with Gasteiger partial charge in [0.1, 0.15) is 0 Å². The molecule has 1 rings (SSSR count). The van der Waals surface area contributed by atoms with Crippen LogP contribution in [-0.4, -0.2) is 48.6 Å². The molecule has 0 radical (unpaired) electrons. The summed E-state index contributed by atoms with van der Waals surface area (Å²) in [5.74, 6) is -1.24. The molecular formula is C13H24N2O3. The molecule has 0 aromatic rings. The first-order chi connectivity index (χ1) is 8.31. The summed E-state index contributed by atoms with van der Waals surface area (Å²) < 4.78 is 0. The number of carboxylic acids is 1. The van der Waals surface area contributed by atoms with Crippen LogP contribution in [0, 0.1) is 17.8 Å². The molecular weight excluding hydrogens is 232 g/mol. The Morgan fingerprint density at radius 2 is 1.94 bits per heavy atom. The Morgan fingerprint density at radius 3 is 2.33 bits per heavy atom. The molecule has 1 amide bonds. The predicted octanol–water partition coefficient (Wildman–Crippen LogP) is 0.800. The summed E-state index contributed by atoms with van der Waals surface area (Å²) in [6.45, 7) is 5.02. The smallest absolute Gasteiger partial charge is 0.307 e. The third-order valence-corrected chi connectivity index (χ3v) is 3.13. The molecule has 1 aliphatic carbocycles. The summed E-state index contributed by atoms with van der Waals surface area (Å²) in [7, 11) is 3.94. The number of likely N-dealkylation sites (N-methyl/N-ethyl adjacent to an activating group) is 1. The van der Waals surface area contributed by atoms with Crippen LogP contribution in [0.15, 0.2) is 0 Å². The highest BCUT2D eigenvalue weighted by molar-refractivity contribution is 5.89. The molecule has 1 saturated carbocycles. The van der Waals surface area contributed by atoms with Gasteiger partial charge in [-0.15, -0.1) is 0 Å². The summed E-state index contributed by atoms with van der Waals surface area (Å²) in [5, 5.41) is 11.8. The number of amides is 1. The van der Waals surface area contributed by atoms with E-state index in [1.807, 2.05) is 19.0 Å². The zero-order valence-electron chi connectivity index (χ0n) is 11.6. The second-order valence-corrected chi connectivity index (χ2v) is 5.88. The molecule has 0 aromatic carbocycles. The lowest BCUT2D eigenvalue weighted by Gasteiger charge is -2.24. The molecule has 18 heavy (non-hydrogen) atoms. The van der Waals surface area contributed by atoms with Crippen LogP contribution in [0.25, 0.3) is 0 Å². The highest BCUT2D eigenvalue weighted by atomic mass is 16.4. The van der Waals surface area contributed by atoms with Crippen LogP contribution in [0.3, 0.4) is 0 Å². The van der Waals surface area contributed by atoms with Gasteiger partial charge in [0, 0.05) is 12.6 Å². The van der Waals surface area contributed by atoms with E-state index in [2.05, 4.69) is 19.2 Å². The van der Waals surface area contributed by atoms with Crippen molar-refractivity contribution in [1.82, 2.24) is 10.2 Å². The van der Waals surface area contributed by atoms with Gasteiger partial charge in [-0.05, 0) is 32.9 Å². The van der Waals surface area contributed by atoms with E-state index in [-0.39, 0.29) is 17.9 Å². The van der Waals surface area contributed by atoms with E-state index in [0.29, 0.717) is 12.3 Å². The number of rotatable bonds is 7. The summed E-state index contributed by atoms with van der Waals surface area (Å²) >= 11 is 0. The van der Waals surface area contributed by atoms with E-state index in [0.717, 1.165) is 13.0 Å². The standard InChI is InChI=1S/C13H24N2O3/c1-8(2)5-9(7-15(3)4)14-12(16)10-6-11(10)13(17)18/h8-11H,5-7H2,1-4H3,(H,14,16)(H,17,18). The third kappa shape index (κ3) is 4.64. The van der Waals surface area contributed by atoms with Crippen LogP contribution in [0.2, 0.25) is 0 Å². The second-order valence-electron chi connectivity index (χ2n) is 5.88. The molecule has 5 heteroatoms. The number of hydrogen-bond acceptors (Lipinski definition) is 3. The van der Waals surface area contributed by atoms with Crippen LogP contribution < -0.4 is 5.32 Å². The van der Waals surface area contributed by atoms with Crippen molar-refractivity contribution in [2.45, 2.75) is 32.7 Å². The maximum absolute atomic E-state index is 11.9. The van der Waals surface area contributed by atoms with Gasteiger partial charge in [0.05, 0.1) is 11.8 Å².